The molecule has 88 valence electrons. The van der Waals surface area contributed by atoms with Gasteiger partial charge in [0.2, 0.25) is 0 Å². The van der Waals surface area contributed by atoms with Crippen molar-refractivity contribution in [2.24, 2.45) is 0 Å². The molecule has 0 atom stereocenters. The molecule has 0 heterocycles. The Hall–Kier alpha value is -0.780. The maximum atomic E-state index is 11.8. The van der Waals surface area contributed by atoms with E-state index in [0.717, 1.165) is 6.42 Å². The Balaban J connectivity index is 2.31. The molecule has 0 aromatic rings. The van der Waals surface area contributed by atoms with Crippen molar-refractivity contribution < 1.29 is 27.8 Å². The zero-order valence-corrected chi connectivity index (χ0v) is 8.14. The zero-order chi connectivity index (χ0) is 11.5. The number of carboxylic acids is 1. The van der Waals surface area contributed by atoms with Crippen LogP contribution in [0.3, 0.4) is 0 Å². The highest BCUT2D eigenvalue weighted by molar-refractivity contribution is 5.68. The number of ether oxygens (including phenoxy) is 1. The van der Waals surface area contributed by atoms with E-state index in [-0.39, 0.29) is 6.42 Å². The number of alkyl halides is 3. The van der Waals surface area contributed by atoms with Crippen LogP contribution in [0.2, 0.25) is 0 Å². The number of hydrogen-bond acceptors (Lipinski definition) is 2. The number of rotatable bonds is 5. The molecule has 1 rings (SSSR count). The number of carboxylic acid groups (broad SMARTS) is 1. The molecule has 0 spiro atoms. The fourth-order valence-corrected chi connectivity index (χ4v) is 1.60. The van der Waals surface area contributed by atoms with Gasteiger partial charge in [0, 0.05) is 0 Å². The van der Waals surface area contributed by atoms with Crippen LogP contribution in [0.5, 0.6) is 0 Å². The molecule has 0 amide bonds. The molecular formula is C9H13F3O3. The van der Waals surface area contributed by atoms with E-state index >= 15 is 0 Å². The topological polar surface area (TPSA) is 46.5 Å². The van der Waals surface area contributed by atoms with Crippen LogP contribution in [0.4, 0.5) is 13.2 Å². The van der Waals surface area contributed by atoms with E-state index in [9.17, 15) is 18.0 Å². The third-order valence-corrected chi connectivity index (χ3v) is 2.53. The van der Waals surface area contributed by atoms with Crippen LogP contribution in [-0.4, -0.2) is 29.5 Å². The first-order valence-corrected chi connectivity index (χ1v) is 4.76. The lowest BCUT2D eigenvalue weighted by atomic mass is 9.77. The Kier molecular flexibility index (Phi) is 3.59. The maximum Gasteiger partial charge on any atom is 0.391 e. The van der Waals surface area contributed by atoms with E-state index < -0.39 is 30.8 Å². The Morgan fingerprint density at radius 3 is 2.33 bits per heavy atom. The van der Waals surface area contributed by atoms with Crippen molar-refractivity contribution in [3.05, 3.63) is 0 Å². The van der Waals surface area contributed by atoms with Crippen LogP contribution < -0.4 is 0 Å². The summed E-state index contributed by atoms with van der Waals surface area (Å²) in [5.74, 6) is -1.03. The average Bonchev–Trinajstić information content (AvgIpc) is 1.96. The van der Waals surface area contributed by atoms with Crippen molar-refractivity contribution in [2.45, 2.75) is 43.9 Å². The van der Waals surface area contributed by atoms with Crippen molar-refractivity contribution in [1.82, 2.24) is 0 Å². The molecule has 1 saturated carbocycles. The molecule has 1 N–H and O–H groups in total. The van der Waals surface area contributed by atoms with Crippen LogP contribution in [0.25, 0.3) is 0 Å². The zero-order valence-electron chi connectivity index (χ0n) is 8.14. The number of carbonyl (C=O) groups is 1. The predicted octanol–water partition coefficient (Wildman–Crippen LogP) is 2.35. The summed E-state index contributed by atoms with van der Waals surface area (Å²) in [6.07, 6.45) is -3.57. The molecule has 3 nitrogen and oxygen atoms in total. The Labute approximate surface area is 85.2 Å². The van der Waals surface area contributed by atoms with E-state index in [4.69, 9.17) is 9.84 Å². The second-order valence-corrected chi connectivity index (χ2v) is 3.82. The molecule has 0 aromatic heterocycles. The summed E-state index contributed by atoms with van der Waals surface area (Å²) in [7, 11) is 0. The molecule has 15 heavy (non-hydrogen) atoms. The summed E-state index contributed by atoms with van der Waals surface area (Å²) in [6, 6.07) is 0. The third kappa shape index (κ3) is 4.07. The highest BCUT2D eigenvalue weighted by atomic mass is 19.4. The van der Waals surface area contributed by atoms with Gasteiger partial charge < -0.3 is 9.84 Å². The Morgan fingerprint density at radius 1 is 1.40 bits per heavy atom. The van der Waals surface area contributed by atoms with E-state index in [1.54, 1.807) is 0 Å². The van der Waals surface area contributed by atoms with Crippen molar-refractivity contribution in [3.8, 4) is 0 Å². The molecule has 0 aliphatic heterocycles. The summed E-state index contributed by atoms with van der Waals surface area (Å²) >= 11 is 0. The van der Waals surface area contributed by atoms with Crippen LogP contribution >= 0.6 is 0 Å². The van der Waals surface area contributed by atoms with Crippen molar-refractivity contribution in [1.29, 1.82) is 0 Å². The average molecular weight is 226 g/mol. The Morgan fingerprint density at radius 2 is 2.00 bits per heavy atom. The first-order valence-electron chi connectivity index (χ1n) is 4.76. The van der Waals surface area contributed by atoms with Gasteiger partial charge in [0.1, 0.15) is 0 Å². The van der Waals surface area contributed by atoms with E-state index in [0.29, 0.717) is 12.8 Å². The van der Waals surface area contributed by atoms with Crippen LogP contribution in [0.1, 0.15) is 32.1 Å². The van der Waals surface area contributed by atoms with Gasteiger partial charge in [-0.1, -0.05) is 0 Å². The minimum atomic E-state index is -4.24. The van der Waals surface area contributed by atoms with Crippen molar-refractivity contribution in [2.75, 3.05) is 6.61 Å². The van der Waals surface area contributed by atoms with Gasteiger partial charge in [-0.2, -0.15) is 13.2 Å². The SMILES string of the molecule is O=C(O)CC1(OCCC(F)(F)F)CCC1. The van der Waals surface area contributed by atoms with Gasteiger partial charge in [0.25, 0.3) is 0 Å². The van der Waals surface area contributed by atoms with E-state index in [1.165, 1.54) is 0 Å². The summed E-state index contributed by atoms with van der Waals surface area (Å²) < 4.78 is 40.5. The first-order chi connectivity index (χ1) is 6.83. The minimum absolute atomic E-state index is 0.204. The summed E-state index contributed by atoms with van der Waals surface area (Å²) in [4.78, 5) is 10.5. The molecule has 0 bridgehead atoms. The number of aliphatic carboxylic acids is 1. The lowest BCUT2D eigenvalue weighted by molar-refractivity contribution is -0.176. The summed E-state index contributed by atoms with van der Waals surface area (Å²) in [6.45, 7) is -0.448. The second kappa shape index (κ2) is 4.38. The highest BCUT2D eigenvalue weighted by Crippen LogP contribution is 2.39. The maximum absolute atomic E-state index is 11.8. The molecule has 1 aliphatic rings. The molecular weight excluding hydrogens is 213 g/mol. The van der Waals surface area contributed by atoms with Gasteiger partial charge in [0.15, 0.2) is 0 Å². The summed E-state index contributed by atoms with van der Waals surface area (Å²) in [5.41, 5.74) is -0.836. The molecule has 0 saturated heterocycles. The Bertz CT molecular complexity index is 233. The van der Waals surface area contributed by atoms with E-state index in [2.05, 4.69) is 0 Å². The number of hydrogen-bond donors (Lipinski definition) is 1. The van der Waals surface area contributed by atoms with Crippen LogP contribution in [0, 0.1) is 0 Å². The minimum Gasteiger partial charge on any atom is -0.481 e. The molecule has 1 fully saturated rings. The fraction of sp³-hybridized carbons (Fsp3) is 0.889. The standard InChI is InChI=1S/C9H13F3O3/c10-9(11,12)4-5-15-8(2-1-3-8)6-7(13)14/h1-6H2,(H,13,14). The van der Waals surface area contributed by atoms with Gasteiger partial charge in [-0.3, -0.25) is 4.79 Å². The normalized spacial score (nSPS) is 19.7. The van der Waals surface area contributed by atoms with Gasteiger partial charge in [-0.05, 0) is 19.3 Å². The molecule has 0 aromatic carbocycles. The summed E-state index contributed by atoms with van der Waals surface area (Å²) in [5, 5.41) is 8.57. The molecule has 1 aliphatic carbocycles. The second-order valence-electron chi connectivity index (χ2n) is 3.82. The van der Waals surface area contributed by atoms with Crippen molar-refractivity contribution in [3.63, 3.8) is 0 Å². The molecule has 0 unspecified atom stereocenters. The number of halogens is 3. The highest BCUT2D eigenvalue weighted by Gasteiger charge is 2.41. The first kappa shape index (κ1) is 12.3. The van der Waals surface area contributed by atoms with Gasteiger partial charge in [-0.15, -0.1) is 0 Å². The van der Waals surface area contributed by atoms with Gasteiger partial charge in [0.05, 0.1) is 25.0 Å². The quantitative estimate of drug-likeness (QED) is 0.782. The van der Waals surface area contributed by atoms with Crippen LogP contribution in [0.15, 0.2) is 0 Å². The lowest BCUT2D eigenvalue weighted by Crippen LogP contribution is -2.42. The smallest absolute Gasteiger partial charge is 0.391 e. The predicted molar refractivity (Wildman–Crippen MR) is 45.5 cm³/mol. The molecule has 6 heteroatoms. The molecule has 0 radical (unpaired) electrons. The monoisotopic (exact) mass is 226 g/mol. The largest absolute Gasteiger partial charge is 0.481 e. The van der Waals surface area contributed by atoms with Crippen molar-refractivity contribution >= 4 is 5.97 Å². The lowest BCUT2D eigenvalue weighted by Gasteiger charge is -2.40. The van der Waals surface area contributed by atoms with Crippen LogP contribution in [-0.2, 0) is 9.53 Å². The van der Waals surface area contributed by atoms with Gasteiger partial charge >= 0.3 is 12.1 Å². The van der Waals surface area contributed by atoms with E-state index in [1.807, 2.05) is 0 Å². The van der Waals surface area contributed by atoms with Gasteiger partial charge in [-0.25, -0.2) is 0 Å². The fourth-order valence-electron chi connectivity index (χ4n) is 1.60. The third-order valence-electron chi connectivity index (χ3n) is 2.53.